The van der Waals surface area contributed by atoms with E-state index >= 15 is 0 Å². The molecule has 2 heterocycles. The third-order valence-electron chi connectivity index (χ3n) is 3.37. The highest BCUT2D eigenvalue weighted by molar-refractivity contribution is 8.89. The molecule has 2 rings (SSSR count). The number of thiocarbonyl (C=S) groups is 2. The average molecular weight is 401 g/mol. The summed E-state index contributed by atoms with van der Waals surface area (Å²) in [5.41, 5.74) is 2.23. The molecule has 0 N–H and O–H groups in total. The van der Waals surface area contributed by atoms with Gasteiger partial charge in [-0.3, -0.25) is 0 Å². The zero-order valence-corrected chi connectivity index (χ0v) is 16.9. The van der Waals surface area contributed by atoms with Crippen molar-refractivity contribution in [2.24, 2.45) is 0 Å². The number of hydrogen-bond acceptors (Lipinski definition) is 6. The lowest BCUT2D eigenvalue weighted by molar-refractivity contribution is 0.446. The van der Waals surface area contributed by atoms with E-state index in [0.29, 0.717) is 0 Å². The lowest BCUT2D eigenvalue weighted by Gasteiger charge is -2.24. The second kappa shape index (κ2) is 10.1. The highest BCUT2D eigenvalue weighted by atomic mass is 33.1. The van der Waals surface area contributed by atoms with Crippen LogP contribution in [0.2, 0.25) is 0 Å². The molecule has 0 unspecified atom stereocenters. The van der Waals surface area contributed by atoms with E-state index in [4.69, 9.17) is 33.3 Å². The minimum atomic E-state index is 0.749. The summed E-state index contributed by atoms with van der Waals surface area (Å²) in [5, 5.41) is 0. The summed E-state index contributed by atoms with van der Waals surface area (Å²) in [5.74, 6) is 0. The fourth-order valence-corrected chi connectivity index (χ4v) is 4.79. The molecule has 24 heavy (non-hydrogen) atoms. The van der Waals surface area contributed by atoms with Gasteiger partial charge in [0.15, 0.2) is 0 Å². The van der Waals surface area contributed by atoms with Crippen LogP contribution in [-0.2, 0) is 13.1 Å². The smallest absolute Gasteiger partial charge is 0.147 e. The lowest BCUT2D eigenvalue weighted by atomic mass is 10.3. The first kappa shape index (κ1) is 19.4. The van der Waals surface area contributed by atoms with Crippen molar-refractivity contribution in [1.29, 1.82) is 0 Å². The van der Waals surface area contributed by atoms with Crippen LogP contribution >= 0.6 is 46.0 Å². The second-order valence-corrected chi connectivity index (χ2v) is 8.39. The predicted molar refractivity (Wildman–Crippen MR) is 110 cm³/mol. The van der Waals surface area contributed by atoms with E-state index < -0.39 is 0 Å². The molecule has 8 heteroatoms. The molecule has 0 aliphatic heterocycles. The minimum Gasteiger partial charge on any atom is -0.472 e. The molecule has 0 aromatic carbocycles. The highest BCUT2D eigenvalue weighted by Crippen LogP contribution is 2.29. The molecule has 0 fully saturated rings. The van der Waals surface area contributed by atoms with E-state index in [9.17, 15) is 0 Å². The molecule has 0 saturated heterocycles. The van der Waals surface area contributed by atoms with E-state index in [-0.39, 0.29) is 0 Å². The largest absolute Gasteiger partial charge is 0.472 e. The van der Waals surface area contributed by atoms with Crippen molar-refractivity contribution < 1.29 is 8.83 Å². The molecule has 130 valence electrons. The monoisotopic (exact) mass is 400 g/mol. The second-order valence-electron chi connectivity index (χ2n) is 4.99. The van der Waals surface area contributed by atoms with Crippen molar-refractivity contribution in [3.8, 4) is 0 Å². The first-order valence-corrected chi connectivity index (χ1v) is 10.5. The van der Waals surface area contributed by atoms with Gasteiger partial charge in [-0.1, -0.05) is 24.4 Å². The van der Waals surface area contributed by atoms with Crippen molar-refractivity contribution in [3.05, 3.63) is 48.3 Å². The Morgan fingerprint density at radius 2 is 1.29 bits per heavy atom. The Morgan fingerprint density at radius 1 is 0.875 bits per heavy atom. The molecule has 0 radical (unpaired) electrons. The topological polar surface area (TPSA) is 32.8 Å². The molecule has 2 aromatic heterocycles. The molecule has 0 saturated carbocycles. The number of furan rings is 2. The van der Waals surface area contributed by atoms with Gasteiger partial charge < -0.3 is 18.6 Å². The number of nitrogens with zero attached hydrogens (tertiary/aromatic N) is 2. The van der Waals surface area contributed by atoms with Gasteiger partial charge in [-0.05, 0) is 47.6 Å². The van der Waals surface area contributed by atoms with E-state index in [1.54, 1.807) is 25.1 Å². The number of hydrogen-bond donors (Lipinski definition) is 0. The molecule has 4 nitrogen and oxygen atoms in total. The molecular formula is C16H20N2O2S4. The van der Waals surface area contributed by atoms with Crippen LogP contribution in [0.1, 0.15) is 25.0 Å². The Hall–Kier alpha value is -0.960. The maximum Gasteiger partial charge on any atom is 0.147 e. The third kappa shape index (κ3) is 5.84. The fraction of sp³-hybridized carbons (Fsp3) is 0.375. The molecule has 0 amide bonds. The molecule has 0 bridgehead atoms. The van der Waals surface area contributed by atoms with Crippen LogP contribution in [0.3, 0.4) is 0 Å². The molecule has 0 aliphatic carbocycles. The van der Waals surface area contributed by atoms with Gasteiger partial charge in [-0.2, -0.15) is 0 Å². The summed E-state index contributed by atoms with van der Waals surface area (Å²) >= 11 is 11.1. The molecular weight excluding hydrogens is 380 g/mol. The van der Waals surface area contributed by atoms with Gasteiger partial charge in [0.1, 0.15) is 8.64 Å². The Kier molecular flexibility index (Phi) is 8.17. The van der Waals surface area contributed by atoms with Crippen LogP contribution in [0.4, 0.5) is 0 Å². The van der Waals surface area contributed by atoms with Crippen LogP contribution in [0.5, 0.6) is 0 Å². The molecule has 0 atom stereocenters. The van der Waals surface area contributed by atoms with Crippen molar-refractivity contribution in [1.82, 2.24) is 9.80 Å². The Labute approximate surface area is 161 Å². The van der Waals surface area contributed by atoms with Gasteiger partial charge in [0.05, 0.1) is 25.1 Å². The van der Waals surface area contributed by atoms with Crippen LogP contribution in [0.15, 0.2) is 46.0 Å². The Balaban J connectivity index is 1.83. The maximum absolute atomic E-state index is 5.55. The SMILES string of the molecule is CCN(Cc1ccoc1)C(=S)SSC(=S)N(CC)Cc1ccoc1. The summed E-state index contributed by atoms with van der Waals surface area (Å²) in [6.45, 7) is 7.37. The zero-order chi connectivity index (χ0) is 17.4. The fourth-order valence-electron chi connectivity index (χ4n) is 1.99. The van der Waals surface area contributed by atoms with E-state index in [1.165, 1.54) is 21.6 Å². The average Bonchev–Trinajstić information content (AvgIpc) is 3.28. The van der Waals surface area contributed by atoms with Gasteiger partial charge in [0.2, 0.25) is 0 Å². The summed E-state index contributed by atoms with van der Waals surface area (Å²) in [6, 6.07) is 3.91. The first-order valence-electron chi connectivity index (χ1n) is 7.58. The summed E-state index contributed by atoms with van der Waals surface area (Å²) in [6.07, 6.45) is 6.85. The summed E-state index contributed by atoms with van der Waals surface area (Å²) in [4.78, 5) is 4.26. The van der Waals surface area contributed by atoms with Gasteiger partial charge in [0, 0.05) is 37.3 Å². The first-order chi connectivity index (χ1) is 11.6. The number of rotatable bonds is 6. The zero-order valence-electron chi connectivity index (χ0n) is 13.6. The van der Waals surface area contributed by atoms with Gasteiger partial charge in [0.25, 0.3) is 0 Å². The van der Waals surface area contributed by atoms with Gasteiger partial charge in [-0.15, -0.1) is 0 Å². The Morgan fingerprint density at radius 3 is 1.58 bits per heavy atom. The van der Waals surface area contributed by atoms with Crippen LogP contribution < -0.4 is 0 Å². The molecule has 0 aliphatic rings. The van der Waals surface area contributed by atoms with Crippen LogP contribution in [0, 0.1) is 0 Å². The predicted octanol–water partition coefficient (Wildman–Crippen LogP) is 5.17. The lowest BCUT2D eigenvalue weighted by Crippen LogP contribution is -2.28. The third-order valence-corrected chi connectivity index (χ3v) is 7.10. The van der Waals surface area contributed by atoms with E-state index in [2.05, 4.69) is 23.6 Å². The van der Waals surface area contributed by atoms with Crippen molar-refractivity contribution in [2.45, 2.75) is 26.9 Å². The Bertz CT molecular complexity index is 572. The van der Waals surface area contributed by atoms with Crippen molar-refractivity contribution >= 4 is 54.7 Å². The quantitative estimate of drug-likeness (QED) is 0.485. The normalized spacial score (nSPS) is 10.6. The maximum atomic E-state index is 5.55. The van der Waals surface area contributed by atoms with Crippen molar-refractivity contribution in [3.63, 3.8) is 0 Å². The molecule has 0 spiro atoms. The van der Waals surface area contributed by atoms with Crippen LogP contribution in [0.25, 0.3) is 0 Å². The highest BCUT2D eigenvalue weighted by Gasteiger charge is 2.15. The van der Waals surface area contributed by atoms with Crippen LogP contribution in [-0.4, -0.2) is 31.5 Å². The van der Waals surface area contributed by atoms with Crippen molar-refractivity contribution in [2.75, 3.05) is 13.1 Å². The standard InChI is InChI=1S/C16H20N2O2S4/c1-3-17(9-13-5-7-19-11-13)15(21)23-24-16(22)18(4-2)10-14-6-8-20-12-14/h5-8,11-12H,3-4,9-10H2,1-2H3. The van der Waals surface area contributed by atoms with Gasteiger partial charge >= 0.3 is 0 Å². The summed E-state index contributed by atoms with van der Waals surface area (Å²) < 4.78 is 11.9. The summed E-state index contributed by atoms with van der Waals surface area (Å²) in [7, 11) is 3.07. The van der Waals surface area contributed by atoms with Gasteiger partial charge in [-0.25, -0.2) is 0 Å². The molecule has 2 aromatic rings. The van der Waals surface area contributed by atoms with E-state index in [0.717, 1.165) is 45.9 Å². The minimum absolute atomic E-state index is 0.749. The van der Waals surface area contributed by atoms with E-state index in [1.807, 2.05) is 12.1 Å².